The van der Waals surface area contributed by atoms with E-state index in [1.807, 2.05) is 6.92 Å². The highest BCUT2D eigenvalue weighted by Gasteiger charge is 2.31. The van der Waals surface area contributed by atoms with Crippen molar-refractivity contribution in [3.8, 4) is 0 Å². The summed E-state index contributed by atoms with van der Waals surface area (Å²) in [6.45, 7) is 5.02. The van der Waals surface area contributed by atoms with E-state index in [1.165, 1.54) is 17.1 Å². The maximum Gasteiger partial charge on any atom is 0.244 e. The molecule has 1 aromatic rings. The Bertz CT molecular complexity index is 501. The lowest BCUT2D eigenvalue weighted by molar-refractivity contribution is 0.267. The second kappa shape index (κ2) is 4.99. The van der Waals surface area contributed by atoms with Crippen LogP contribution in [0.2, 0.25) is 0 Å². The fourth-order valence-electron chi connectivity index (χ4n) is 2.34. The first-order chi connectivity index (χ1) is 8.40. The summed E-state index contributed by atoms with van der Waals surface area (Å²) in [7, 11) is -1.78. The molecule has 0 aliphatic carbocycles. The van der Waals surface area contributed by atoms with E-state index in [9.17, 15) is 8.42 Å². The van der Waals surface area contributed by atoms with Crippen molar-refractivity contribution in [1.29, 1.82) is 0 Å². The van der Waals surface area contributed by atoms with E-state index >= 15 is 0 Å². The van der Waals surface area contributed by atoms with Gasteiger partial charge in [0.25, 0.3) is 0 Å². The first kappa shape index (κ1) is 13.5. The van der Waals surface area contributed by atoms with Gasteiger partial charge < -0.3 is 5.32 Å². The van der Waals surface area contributed by atoms with Gasteiger partial charge in [-0.25, -0.2) is 13.1 Å². The molecule has 1 fully saturated rings. The third-order valence-corrected chi connectivity index (χ3v) is 4.91. The van der Waals surface area contributed by atoms with Crippen molar-refractivity contribution in [1.82, 2.24) is 19.8 Å². The zero-order valence-corrected chi connectivity index (χ0v) is 11.7. The number of nitrogens with zero attached hydrogens (tertiary/aromatic N) is 2. The van der Waals surface area contributed by atoms with Crippen LogP contribution in [0.1, 0.15) is 20.3 Å². The van der Waals surface area contributed by atoms with Gasteiger partial charge in [0.2, 0.25) is 10.0 Å². The maximum absolute atomic E-state index is 12.2. The maximum atomic E-state index is 12.2. The number of sulfonamides is 1. The Morgan fingerprint density at radius 2 is 2.22 bits per heavy atom. The van der Waals surface area contributed by atoms with Crippen LogP contribution in [0.25, 0.3) is 0 Å². The highest BCUT2D eigenvalue weighted by molar-refractivity contribution is 7.89. The van der Waals surface area contributed by atoms with Crippen molar-refractivity contribution in [2.24, 2.45) is 13.0 Å². The van der Waals surface area contributed by atoms with Gasteiger partial charge in [-0.1, -0.05) is 6.92 Å². The van der Waals surface area contributed by atoms with Gasteiger partial charge in [-0.2, -0.15) is 5.10 Å². The fraction of sp³-hybridized carbons (Fsp3) is 0.727. The second-order valence-electron chi connectivity index (χ2n) is 5.01. The number of aromatic nitrogens is 2. The van der Waals surface area contributed by atoms with Crippen LogP contribution >= 0.6 is 0 Å². The predicted octanol–water partition coefficient (Wildman–Crippen LogP) is 0.0849. The van der Waals surface area contributed by atoms with E-state index in [0.29, 0.717) is 5.92 Å². The molecular weight excluding hydrogens is 252 g/mol. The van der Waals surface area contributed by atoms with Gasteiger partial charge in [-0.15, -0.1) is 0 Å². The quantitative estimate of drug-likeness (QED) is 0.817. The molecule has 3 atom stereocenters. The minimum atomic E-state index is -3.48. The third kappa shape index (κ3) is 2.73. The van der Waals surface area contributed by atoms with E-state index in [4.69, 9.17) is 0 Å². The normalized spacial score (nSPS) is 29.4. The third-order valence-electron chi connectivity index (χ3n) is 3.50. The molecule has 0 bridgehead atoms. The zero-order valence-electron chi connectivity index (χ0n) is 10.9. The van der Waals surface area contributed by atoms with Crippen molar-refractivity contribution < 1.29 is 8.42 Å². The van der Waals surface area contributed by atoms with Crippen LogP contribution in [0.5, 0.6) is 0 Å². The molecule has 2 N–H and O–H groups in total. The lowest BCUT2D eigenvalue weighted by Gasteiger charge is -2.35. The van der Waals surface area contributed by atoms with Crippen LogP contribution in [-0.4, -0.2) is 36.8 Å². The monoisotopic (exact) mass is 272 g/mol. The first-order valence-corrected chi connectivity index (χ1v) is 7.63. The van der Waals surface area contributed by atoms with E-state index in [1.54, 1.807) is 7.05 Å². The molecule has 6 nitrogen and oxygen atoms in total. The Balaban J connectivity index is 2.17. The summed E-state index contributed by atoms with van der Waals surface area (Å²) in [5.74, 6) is 0.327. The van der Waals surface area contributed by atoms with Crippen molar-refractivity contribution in [2.45, 2.75) is 37.2 Å². The van der Waals surface area contributed by atoms with E-state index in [0.717, 1.165) is 13.0 Å². The summed E-state index contributed by atoms with van der Waals surface area (Å²) in [6, 6.07) is 0.0594. The van der Waals surface area contributed by atoms with Gasteiger partial charge in [0.15, 0.2) is 0 Å². The molecule has 0 amide bonds. The summed E-state index contributed by atoms with van der Waals surface area (Å²) < 4.78 is 28.7. The standard InChI is InChI=1S/C11H20N4O2S/c1-8-4-5-12-9(2)11(8)14-18(16,17)10-6-13-15(3)7-10/h6-9,11-12,14H,4-5H2,1-3H3. The SMILES string of the molecule is CC1CCNC(C)C1NS(=O)(=O)c1cnn(C)c1. The lowest BCUT2D eigenvalue weighted by atomic mass is 9.90. The molecule has 1 aromatic heterocycles. The molecule has 1 aliphatic heterocycles. The highest BCUT2D eigenvalue weighted by Crippen LogP contribution is 2.19. The number of hydrogen-bond donors (Lipinski definition) is 2. The lowest BCUT2D eigenvalue weighted by Crippen LogP contribution is -2.55. The Morgan fingerprint density at radius 3 is 2.78 bits per heavy atom. The highest BCUT2D eigenvalue weighted by atomic mass is 32.2. The van der Waals surface area contributed by atoms with Gasteiger partial charge in [0, 0.05) is 25.3 Å². The number of aryl methyl sites for hydroxylation is 1. The molecule has 1 aliphatic rings. The Morgan fingerprint density at radius 1 is 1.50 bits per heavy atom. The van der Waals surface area contributed by atoms with Gasteiger partial charge >= 0.3 is 0 Å². The smallest absolute Gasteiger partial charge is 0.244 e. The van der Waals surface area contributed by atoms with Crippen LogP contribution in [0.15, 0.2) is 17.3 Å². The zero-order chi connectivity index (χ0) is 13.3. The summed E-state index contributed by atoms with van der Waals surface area (Å²) >= 11 is 0. The van der Waals surface area contributed by atoms with Crippen LogP contribution in [-0.2, 0) is 17.1 Å². The average Bonchev–Trinajstić information content (AvgIpc) is 2.71. The van der Waals surface area contributed by atoms with Gasteiger partial charge in [-0.3, -0.25) is 4.68 Å². The first-order valence-electron chi connectivity index (χ1n) is 6.14. The predicted molar refractivity (Wildman–Crippen MR) is 68.6 cm³/mol. The molecule has 2 heterocycles. The molecule has 18 heavy (non-hydrogen) atoms. The molecule has 0 radical (unpaired) electrons. The largest absolute Gasteiger partial charge is 0.313 e. The van der Waals surface area contributed by atoms with Crippen LogP contribution in [0, 0.1) is 5.92 Å². The molecule has 0 spiro atoms. The summed E-state index contributed by atoms with van der Waals surface area (Å²) in [6.07, 6.45) is 3.85. The van der Waals surface area contributed by atoms with E-state index < -0.39 is 10.0 Å². The van der Waals surface area contributed by atoms with E-state index in [2.05, 4.69) is 22.1 Å². The second-order valence-corrected chi connectivity index (χ2v) is 6.72. The summed E-state index contributed by atoms with van der Waals surface area (Å²) in [4.78, 5) is 0.218. The average molecular weight is 272 g/mol. The summed E-state index contributed by atoms with van der Waals surface area (Å²) in [5, 5.41) is 7.19. The van der Waals surface area contributed by atoms with Gasteiger partial charge in [-0.05, 0) is 25.8 Å². The topological polar surface area (TPSA) is 76.0 Å². The molecular formula is C11H20N4O2S. The molecule has 3 unspecified atom stereocenters. The van der Waals surface area contributed by atoms with Crippen molar-refractivity contribution in [2.75, 3.05) is 6.54 Å². The number of nitrogens with one attached hydrogen (secondary N) is 2. The van der Waals surface area contributed by atoms with Crippen molar-refractivity contribution in [3.63, 3.8) is 0 Å². The minimum Gasteiger partial charge on any atom is -0.313 e. The fourth-order valence-corrected chi connectivity index (χ4v) is 3.75. The molecule has 7 heteroatoms. The summed E-state index contributed by atoms with van der Waals surface area (Å²) in [5.41, 5.74) is 0. The molecule has 2 rings (SSSR count). The molecule has 102 valence electrons. The molecule has 0 saturated carbocycles. The number of rotatable bonds is 3. The van der Waals surface area contributed by atoms with E-state index in [-0.39, 0.29) is 17.0 Å². The Labute approximate surface area is 108 Å². The van der Waals surface area contributed by atoms with Gasteiger partial charge in [0.05, 0.1) is 6.20 Å². The van der Waals surface area contributed by atoms with Crippen molar-refractivity contribution in [3.05, 3.63) is 12.4 Å². The Kier molecular flexibility index (Phi) is 3.74. The molecule has 1 saturated heterocycles. The Hall–Kier alpha value is -0.920. The van der Waals surface area contributed by atoms with Crippen LogP contribution in [0.3, 0.4) is 0 Å². The minimum absolute atomic E-state index is 0.0797. The number of hydrogen-bond acceptors (Lipinski definition) is 4. The van der Waals surface area contributed by atoms with Crippen molar-refractivity contribution >= 4 is 10.0 Å². The number of piperidine rings is 1. The molecule has 0 aromatic carbocycles. The van der Waals surface area contributed by atoms with Crippen LogP contribution < -0.4 is 10.0 Å². The van der Waals surface area contributed by atoms with Crippen LogP contribution in [0.4, 0.5) is 0 Å². The van der Waals surface area contributed by atoms with Gasteiger partial charge in [0.1, 0.15) is 4.90 Å².